The maximum atomic E-state index is 12.4. The highest BCUT2D eigenvalue weighted by Crippen LogP contribution is 2.16. The molecule has 0 aromatic carbocycles. The summed E-state index contributed by atoms with van der Waals surface area (Å²) in [4.78, 5) is 24.4. The number of aliphatic hydroxyl groups is 2. The molecule has 0 aliphatic heterocycles. The van der Waals surface area contributed by atoms with Crippen LogP contribution in [0.15, 0.2) is 36.5 Å². The molecule has 0 saturated carbocycles. The van der Waals surface area contributed by atoms with Gasteiger partial charge in [-0.3, -0.25) is 9.59 Å². The summed E-state index contributed by atoms with van der Waals surface area (Å²) in [6, 6.07) is -0.641. The lowest BCUT2D eigenvalue weighted by Crippen LogP contribution is -2.45. The Morgan fingerprint density at radius 3 is 1.19 bits per heavy atom. The van der Waals surface area contributed by atoms with E-state index in [1.54, 1.807) is 6.08 Å². The molecule has 0 radical (unpaired) electrons. The van der Waals surface area contributed by atoms with Crippen LogP contribution < -0.4 is 5.32 Å². The van der Waals surface area contributed by atoms with Crippen molar-refractivity contribution in [2.24, 2.45) is 0 Å². The van der Waals surface area contributed by atoms with E-state index in [1.807, 2.05) is 6.08 Å². The summed E-state index contributed by atoms with van der Waals surface area (Å²) >= 11 is 0. The first-order chi connectivity index (χ1) is 30.5. The van der Waals surface area contributed by atoms with Gasteiger partial charge in [-0.1, -0.05) is 230 Å². The third kappa shape index (κ3) is 47.6. The number of hydrogen-bond acceptors (Lipinski definition) is 5. The summed E-state index contributed by atoms with van der Waals surface area (Å²) < 4.78 is 5.44. The third-order valence-corrected chi connectivity index (χ3v) is 12.4. The zero-order valence-corrected chi connectivity index (χ0v) is 41.4. The topological polar surface area (TPSA) is 95.9 Å². The van der Waals surface area contributed by atoms with Gasteiger partial charge in [0.1, 0.15) is 0 Å². The van der Waals surface area contributed by atoms with Crippen molar-refractivity contribution in [3.8, 4) is 0 Å². The number of allylic oxidation sites excluding steroid dienone is 5. The average molecular weight is 872 g/mol. The molecule has 0 spiro atoms. The van der Waals surface area contributed by atoms with Crippen molar-refractivity contribution >= 4 is 11.9 Å². The summed E-state index contributed by atoms with van der Waals surface area (Å²) in [6.07, 6.45) is 62.9. The van der Waals surface area contributed by atoms with Crippen molar-refractivity contribution < 1.29 is 24.5 Å². The molecule has 62 heavy (non-hydrogen) atoms. The SMILES string of the molecule is CCCC/C=C\CCCCCCCC(=O)OCCCCCCCCC/C=C\CCCCCCCC(=O)NC(CO)C(O)/C=C/CCCCCCCCCCCCCCCCCC. The minimum absolute atomic E-state index is 0.0153. The van der Waals surface area contributed by atoms with E-state index in [-0.39, 0.29) is 18.5 Å². The molecule has 0 aliphatic rings. The summed E-state index contributed by atoms with van der Waals surface area (Å²) in [6.45, 7) is 4.84. The van der Waals surface area contributed by atoms with Crippen LogP contribution in [0, 0.1) is 0 Å². The maximum Gasteiger partial charge on any atom is 0.305 e. The van der Waals surface area contributed by atoms with E-state index in [2.05, 4.69) is 43.5 Å². The molecule has 0 heterocycles. The van der Waals surface area contributed by atoms with Gasteiger partial charge in [0.05, 0.1) is 25.4 Å². The van der Waals surface area contributed by atoms with Gasteiger partial charge in [0.25, 0.3) is 0 Å². The van der Waals surface area contributed by atoms with Crippen LogP contribution in [0.3, 0.4) is 0 Å². The van der Waals surface area contributed by atoms with Gasteiger partial charge in [0.15, 0.2) is 0 Å². The van der Waals surface area contributed by atoms with Crippen LogP contribution in [0.2, 0.25) is 0 Å². The Kier molecular flexibility index (Phi) is 50.1. The minimum atomic E-state index is -0.855. The van der Waals surface area contributed by atoms with E-state index in [0.29, 0.717) is 19.4 Å². The fourth-order valence-corrected chi connectivity index (χ4v) is 8.14. The fourth-order valence-electron chi connectivity index (χ4n) is 8.14. The highest BCUT2D eigenvalue weighted by Gasteiger charge is 2.18. The molecular formula is C56H105NO5. The number of carbonyl (C=O) groups excluding carboxylic acids is 2. The number of nitrogens with one attached hydrogen (secondary N) is 1. The lowest BCUT2D eigenvalue weighted by atomic mass is 10.0. The second kappa shape index (κ2) is 51.7. The van der Waals surface area contributed by atoms with E-state index >= 15 is 0 Å². The van der Waals surface area contributed by atoms with Crippen LogP contribution in [0.25, 0.3) is 0 Å². The molecule has 2 atom stereocenters. The van der Waals surface area contributed by atoms with Crippen LogP contribution in [0.5, 0.6) is 0 Å². The summed E-state index contributed by atoms with van der Waals surface area (Å²) in [7, 11) is 0. The number of hydrogen-bond donors (Lipinski definition) is 3. The molecule has 0 aromatic heterocycles. The molecule has 0 bridgehead atoms. The van der Waals surface area contributed by atoms with E-state index < -0.39 is 12.1 Å². The zero-order valence-electron chi connectivity index (χ0n) is 41.4. The molecular weight excluding hydrogens is 767 g/mol. The smallest absolute Gasteiger partial charge is 0.305 e. The van der Waals surface area contributed by atoms with Gasteiger partial charge < -0.3 is 20.3 Å². The lowest BCUT2D eigenvalue weighted by molar-refractivity contribution is -0.143. The Labute approximate surface area is 385 Å². The first-order valence-corrected chi connectivity index (χ1v) is 27.3. The number of esters is 1. The number of carbonyl (C=O) groups is 2. The number of ether oxygens (including phenoxy) is 1. The van der Waals surface area contributed by atoms with Gasteiger partial charge >= 0.3 is 5.97 Å². The Balaban J connectivity index is 3.52. The number of unbranched alkanes of at least 4 members (excludes halogenated alkanes) is 35. The van der Waals surface area contributed by atoms with Crippen LogP contribution in [-0.4, -0.2) is 47.4 Å². The summed E-state index contributed by atoms with van der Waals surface area (Å²) in [5.74, 6) is -0.0999. The van der Waals surface area contributed by atoms with Gasteiger partial charge in [-0.25, -0.2) is 0 Å². The molecule has 6 heteroatoms. The predicted octanol–water partition coefficient (Wildman–Crippen LogP) is 16.5. The highest BCUT2D eigenvalue weighted by molar-refractivity contribution is 5.76. The van der Waals surface area contributed by atoms with Crippen LogP contribution in [0.4, 0.5) is 0 Å². The van der Waals surface area contributed by atoms with Crippen LogP contribution >= 0.6 is 0 Å². The number of amides is 1. The molecule has 1 amide bonds. The van der Waals surface area contributed by atoms with Crippen molar-refractivity contribution in [1.82, 2.24) is 5.32 Å². The minimum Gasteiger partial charge on any atom is -0.466 e. The van der Waals surface area contributed by atoms with Crippen molar-refractivity contribution in [3.05, 3.63) is 36.5 Å². The monoisotopic (exact) mass is 872 g/mol. The van der Waals surface area contributed by atoms with Crippen molar-refractivity contribution in [1.29, 1.82) is 0 Å². The molecule has 6 nitrogen and oxygen atoms in total. The summed E-state index contributed by atoms with van der Waals surface area (Å²) in [5.41, 5.74) is 0. The Morgan fingerprint density at radius 2 is 0.774 bits per heavy atom. The normalized spacial score (nSPS) is 12.9. The quantitative estimate of drug-likeness (QED) is 0.0321. The van der Waals surface area contributed by atoms with E-state index in [0.717, 1.165) is 64.2 Å². The van der Waals surface area contributed by atoms with Crippen molar-refractivity contribution in [2.45, 2.75) is 296 Å². The molecule has 0 fully saturated rings. The fraction of sp³-hybridized carbons (Fsp3) is 0.857. The third-order valence-electron chi connectivity index (χ3n) is 12.4. The number of aliphatic hydroxyl groups excluding tert-OH is 2. The van der Waals surface area contributed by atoms with Gasteiger partial charge in [-0.15, -0.1) is 0 Å². The van der Waals surface area contributed by atoms with Gasteiger partial charge in [0, 0.05) is 12.8 Å². The molecule has 0 rings (SSSR count). The molecule has 3 N–H and O–H groups in total. The van der Waals surface area contributed by atoms with Gasteiger partial charge in [-0.05, 0) is 77.0 Å². The summed E-state index contributed by atoms with van der Waals surface area (Å²) in [5, 5.41) is 23.1. The first kappa shape index (κ1) is 60.1. The van der Waals surface area contributed by atoms with Crippen LogP contribution in [-0.2, 0) is 14.3 Å². The second-order valence-corrected chi connectivity index (χ2v) is 18.5. The molecule has 0 aromatic rings. The Hall–Kier alpha value is -1.92. The second-order valence-electron chi connectivity index (χ2n) is 18.5. The predicted molar refractivity (Wildman–Crippen MR) is 269 cm³/mol. The Morgan fingerprint density at radius 1 is 0.435 bits per heavy atom. The lowest BCUT2D eigenvalue weighted by Gasteiger charge is -2.20. The average Bonchev–Trinajstić information content (AvgIpc) is 3.27. The molecule has 364 valence electrons. The van der Waals surface area contributed by atoms with Gasteiger partial charge in [0.2, 0.25) is 5.91 Å². The van der Waals surface area contributed by atoms with Crippen molar-refractivity contribution in [3.63, 3.8) is 0 Å². The highest BCUT2D eigenvalue weighted by atomic mass is 16.5. The molecule has 0 saturated heterocycles. The first-order valence-electron chi connectivity index (χ1n) is 27.3. The standard InChI is InChI=1S/C56H105NO5/c1-3-5-7-9-11-13-15-16-17-18-19-22-25-29-32-36-40-44-48-54(59)53(52-58)57-55(60)49-45-41-37-33-30-26-23-20-21-24-27-31-35-39-43-47-51-62-56(61)50-46-42-38-34-28-14-12-10-8-6-4-2/h10,12,20,23,44,48,53-54,58-59H,3-9,11,13-19,21-22,24-43,45-47,49-52H2,1-2H3,(H,57,60)/b12-10-,23-20-,48-44+. The van der Waals surface area contributed by atoms with Crippen molar-refractivity contribution in [2.75, 3.05) is 13.2 Å². The molecule has 0 aliphatic carbocycles. The largest absolute Gasteiger partial charge is 0.466 e. The molecule has 2 unspecified atom stereocenters. The van der Waals surface area contributed by atoms with Gasteiger partial charge in [-0.2, -0.15) is 0 Å². The maximum absolute atomic E-state index is 12.4. The Bertz CT molecular complexity index is 1010. The number of rotatable bonds is 50. The van der Waals surface area contributed by atoms with E-state index in [9.17, 15) is 19.8 Å². The van der Waals surface area contributed by atoms with E-state index in [4.69, 9.17) is 4.74 Å². The van der Waals surface area contributed by atoms with E-state index in [1.165, 1.54) is 193 Å². The zero-order chi connectivity index (χ0) is 45.1. The van der Waals surface area contributed by atoms with Crippen LogP contribution in [0.1, 0.15) is 284 Å².